The number of aliphatic carboxylic acids is 1. The van der Waals surface area contributed by atoms with Crippen molar-refractivity contribution in [3.8, 4) is 0 Å². The van der Waals surface area contributed by atoms with Crippen LogP contribution in [0.1, 0.15) is 25.8 Å². The zero-order chi connectivity index (χ0) is 14.3. The van der Waals surface area contributed by atoms with Crippen LogP contribution in [-0.2, 0) is 20.7 Å². The molecule has 5 heteroatoms. The molecule has 0 aliphatic carbocycles. The molecule has 5 nitrogen and oxygen atoms in total. The highest BCUT2D eigenvalue weighted by molar-refractivity contribution is 5.90. The first-order valence-electron chi connectivity index (χ1n) is 6.19. The van der Waals surface area contributed by atoms with E-state index in [2.05, 4.69) is 5.32 Å². The minimum absolute atomic E-state index is 0.0174. The Bertz CT molecular complexity index is 426. The normalized spacial score (nSPS) is 10.5. The van der Waals surface area contributed by atoms with E-state index in [1.165, 1.54) is 0 Å². The van der Waals surface area contributed by atoms with Gasteiger partial charge in [0.2, 0.25) is 5.91 Å². The molecule has 1 amide bonds. The number of carbonyl (C=O) groups excluding carboxylic acids is 1. The lowest BCUT2D eigenvalue weighted by Gasteiger charge is -2.08. The Balaban J connectivity index is 2.40. The largest absolute Gasteiger partial charge is 0.481 e. The second-order valence-electron chi connectivity index (χ2n) is 4.49. The number of amides is 1. The van der Waals surface area contributed by atoms with E-state index in [9.17, 15) is 9.59 Å². The molecule has 0 aromatic heterocycles. The monoisotopic (exact) mass is 265 g/mol. The predicted octanol–water partition coefficient (Wildman–Crippen LogP) is 2.07. The van der Waals surface area contributed by atoms with E-state index in [0.717, 1.165) is 0 Å². The highest BCUT2D eigenvalue weighted by atomic mass is 16.5. The standard InChI is InChI=1S/C14H19NO4/c1-10(2)19-8-7-13(16)15-12-5-3-11(4-6-12)9-14(17)18/h3-6,10H,7-9H2,1-2H3,(H,15,16)(H,17,18). The molecule has 0 bridgehead atoms. The van der Waals surface area contributed by atoms with Crippen molar-refractivity contribution in [2.24, 2.45) is 0 Å². The Morgan fingerprint density at radius 1 is 1.26 bits per heavy atom. The molecule has 0 spiro atoms. The van der Waals surface area contributed by atoms with Gasteiger partial charge < -0.3 is 15.2 Å². The van der Waals surface area contributed by atoms with Crippen molar-refractivity contribution in [2.75, 3.05) is 11.9 Å². The molecule has 0 aliphatic rings. The van der Waals surface area contributed by atoms with Crippen LogP contribution in [0.3, 0.4) is 0 Å². The summed E-state index contributed by atoms with van der Waals surface area (Å²) in [7, 11) is 0. The molecule has 1 rings (SSSR count). The van der Waals surface area contributed by atoms with Gasteiger partial charge in [-0.25, -0.2) is 0 Å². The van der Waals surface area contributed by atoms with Crippen LogP contribution in [-0.4, -0.2) is 29.7 Å². The second kappa shape index (κ2) is 7.53. The van der Waals surface area contributed by atoms with Gasteiger partial charge in [-0.3, -0.25) is 9.59 Å². The van der Waals surface area contributed by atoms with E-state index in [-0.39, 0.29) is 18.4 Å². The minimum atomic E-state index is -0.873. The number of nitrogens with one attached hydrogen (secondary N) is 1. The van der Waals surface area contributed by atoms with E-state index >= 15 is 0 Å². The number of hydrogen-bond donors (Lipinski definition) is 2. The zero-order valence-corrected chi connectivity index (χ0v) is 11.2. The van der Waals surface area contributed by atoms with Crippen molar-refractivity contribution in [3.63, 3.8) is 0 Å². The Hall–Kier alpha value is -1.88. The van der Waals surface area contributed by atoms with Crippen LogP contribution in [0, 0.1) is 0 Å². The van der Waals surface area contributed by atoms with Gasteiger partial charge in [-0.15, -0.1) is 0 Å². The number of carboxylic acid groups (broad SMARTS) is 1. The first kappa shape index (κ1) is 15.2. The summed E-state index contributed by atoms with van der Waals surface area (Å²) < 4.78 is 5.29. The Morgan fingerprint density at radius 3 is 2.42 bits per heavy atom. The summed E-state index contributed by atoms with van der Waals surface area (Å²) in [6.07, 6.45) is 0.397. The van der Waals surface area contributed by atoms with E-state index in [4.69, 9.17) is 9.84 Å². The molecule has 0 fully saturated rings. The van der Waals surface area contributed by atoms with Crippen molar-refractivity contribution >= 4 is 17.6 Å². The molecule has 1 aromatic carbocycles. The van der Waals surface area contributed by atoms with Crippen LogP contribution in [0.15, 0.2) is 24.3 Å². The summed E-state index contributed by atoms with van der Waals surface area (Å²) in [6, 6.07) is 6.77. The molecule has 0 heterocycles. The van der Waals surface area contributed by atoms with Crippen molar-refractivity contribution in [2.45, 2.75) is 32.8 Å². The summed E-state index contributed by atoms with van der Waals surface area (Å²) in [4.78, 5) is 22.1. The maximum atomic E-state index is 11.6. The fourth-order valence-electron chi connectivity index (χ4n) is 1.49. The quantitative estimate of drug-likeness (QED) is 0.791. The van der Waals surface area contributed by atoms with Gasteiger partial charge in [0.15, 0.2) is 0 Å². The van der Waals surface area contributed by atoms with E-state index < -0.39 is 5.97 Å². The van der Waals surface area contributed by atoms with E-state index in [0.29, 0.717) is 24.3 Å². The minimum Gasteiger partial charge on any atom is -0.481 e. The third-order valence-electron chi connectivity index (χ3n) is 2.37. The highest BCUT2D eigenvalue weighted by Crippen LogP contribution is 2.10. The molecule has 19 heavy (non-hydrogen) atoms. The number of benzene rings is 1. The lowest BCUT2D eigenvalue weighted by Crippen LogP contribution is -2.15. The maximum absolute atomic E-state index is 11.6. The van der Waals surface area contributed by atoms with Crippen LogP contribution in [0.25, 0.3) is 0 Å². The van der Waals surface area contributed by atoms with Gasteiger partial charge in [-0.05, 0) is 31.5 Å². The fraction of sp³-hybridized carbons (Fsp3) is 0.429. The van der Waals surface area contributed by atoms with Crippen molar-refractivity contribution in [1.29, 1.82) is 0 Å². The van der Waals surface area contributed by atoms with Crippen LogP contribution >= 0.6 is 0 Å². The summed E-state index contributed by atoms with van der Waals surface area (Å²) in [5, 5.41) is 11.4. The SMILES string of the molecule is CC(C)OCCC(=O)Nc1ccc(CC(=O)O)cc1. The van der Waals surface area contributed by atoms with Crippen molar-refractivity contribution in [1.82, 2.24) is 0 Å². The van der Waals surface area contributed by atoms with Gasteiger partial charge in [0.1, 0.15) is 0 Å². The van der Waals surface area contributed by atoms with Gasteiger partial charge in [0, 0.05) is 5.69 Å². The van der Waals surface area contributed by atoms with Crippen molar-refractivity contribution < 1.29 is 19.4 Å². The van der Waals surface area contributed by atoms with Crippen LogP contribution in [0.5, 0.6) is 0 Å². The maximum Gasteiger partial charge on any atom is 0.307 e. The lowest BCUT2D eigenvalue weighted by atomic mass is 10.1. The van der Waals surface area contributed by atoms with Gasteiger partial charge >= 0.3 is 5.97 Å². The molecule has 2 N–H and O–H groups in total. The van der Waals surface area contributed by atoms with Gasteiger partial charge in [0.05, 0.1) is 25.6 Å². The van der Waals surface area contributed by atoms with Crippen LogP contribution < -0.4 is 5.32 Å². The number of ether oxygens (including phenoxy) is 1. The lowest BCUT2D eigenvalue weighted by molar-refractivity contribution is -0.136. The van der Waals surface area contributed by atoms with Gasteiger partial charge in [0.25, 0.3) is 0 Å². The fourth-order valence-corrected chi connectivity index (χ4v) is 1.49. The average molecular weight is 265 g/mol. The number of hydrogen-bond acceptors (Lipinski definition) is 3. The Kier molecular flexibility index (Phi) is 6.02. The Morgan fingerprint density at radius 2 is 1.89 bits per heavy atom. The van der Waals surface area contributed by atoms with Gasteiger partial charge in [-0.1, -0.05) is 12.1 Å². The smallest absolute Gasteiger partial charge is 0.307 e. The van der Waals surface area contributed by atoms with Crippen LogP contribution in [0.4, 0.5) is 5.69 Å². The second-order valence-corrected chi connectivity index (χ2v) is 4.49. The Labute approximate surface area is 112 Å². The molecule has 0 radical (unpaired) electrons. The summed E-state index contributed by atoms with van der Waals surface area (Å²) in [5.74, 6) is -0.991. The van der Waals surface area contributed by atoms with E-state index in [1.54, 1.807) is 24.3 Å². The molecular formula is C14H19NO4. The number of carbonyl (C=O) groups is 2. The first-order valence-corrected chi connectivity index (χ1v) is 6.19. The highest BCUT2D eigenvalue weighted by Gasteiger charge is 2.04. The topological polar surface area (TPSA) is 75.6 Å². The number of rotatable bonds is 7. The zero-order valence-electron chi connectivity index (χ0n) is 11.2. The molecule has 0 atom stereocenters. The molecule has 104 valence electrons. The molecule has 1 aromatic rings. The summed E-state index contributed by atoms with van der Waals surface area (Å²) in [5.41, 5.74) is 1.36. The molecule has 0 unspecified atom stereocenters. The predicted molar refractivity (Wildman–Crippen MR) is 72.1 cm³/mol. The number of carboxylic acids is 1. The first-order chi connectivity index (χ1) is 8.97. The average Bonchev–Trinajstić information content (AvgIpc) is 2.30. The van der Waals surface area contributed by atoms with Crippen LogP contribution in [0.2, 0.25) is 0 Å². The molecular weight excluding hydrogens is 246 g/mol. The third-order valence-corrected chi connectivity index (χ3v) is 2.37. The summed E-state index contributed by atoms with van der Waals surface area (Å²) >= 11 is 0. The molecule has 0 saturated heterocycles. The van der Waals surface area contributed by atoms with Gasteiger partial charge in [-0.2, -0.15) is 0 Å². The third kappa shape index (κ3) is 6.57. The molecule has 0 aliphatic heterocycles. The molecule has 0 saturated carbocycles. The van der Waals surface area contributed by atoms with E-state index in [1.807, 2.05) is 13.8 Å². The van der Waals surface area contributed by atoms with Crippen molar-refractivity contribution in [3.05, 3.63) is 29.8 Å². The summed E-state index contributed by atoms with van der Waals surface area (Å²) in [6.45, 7) is 4.22. The number of anilines is 1.